The average molecular weight is 478 g/mol. The quantitative estimate of drug-likeness (QED) is 0.380. The number of guanidine groups is 1. The van der Waals surface area contributed by atoms with Gasteiger partial charge in [0.15, 0.2) is 5.96 Å². The summed E-state index contributed by atoms with van der Waals surface area (Å²) in [6, 6.07) is 5.82. The van der Waals surface area contributed by atoms with Gasteiger partial charge in [-0.1, -0.05) is 12.1 Å². The zero-order valence-corrected chi connectivity index (χ0v) is 17.7. The molecule has 0 radical (unpaired) electrons. The van der Waals surface area contributed by atoms with Crippen molar-refractivity contribution in [2.75, 3.05) is 20.1 Å². The molecule has 5 nitrogen and oxygen atoms in total. The minimum absolute atomic E-state index is 0. The van der Waals surface area contributed by atoms with Crippen LogP contribution in [0.4, 0.5) is 4.39 Å². The first-order valence-electron chi connectivity index (χ1n) is 7.83. The maximum absolute atomic E-state index is 12.9. The van der Waals surface area contributed by atoms with E-state index in [1.165, 1.54) is 12.1 Å². The molecule has 1 atom stereocenters. The van der Waals surface area contributed by atoms with Crippen molar-refractivity contribution in [1.82, 2.24) is 15.2 Å². The molecule has 138 valence electrons. The van der Waals surface area contributed by atoms with E-state index in [0.717, 1.165) is 17.2 Å². The molecule has 0 saturated heterocycles. The van der Waals surface area contributed by atoms with Crippen LogP contribution in [0, 0.1) is 12.7 Å². The molecular weight excluding hydrogens is 454 g/mol. The van der Waals surface area contributed by atoms with Crippen molar-refractivity contribution < 1.29 is 9.50 Å². The first kappa shape index (κ1) is 21.8. The van der Waals surface area contributed by atoms with Crippen molar-refractivity contribution in [2.24, 2.45) is 4.99 Å². The molecule has 0 bridgehead atoms. The van der Waals surface area contributed by atoms with Crippen LogP contribution < -0.4 is 5.32 Å². The van der Waals surface area contributed by atoms with Gasteiger partial charge in [-0.3, -0.25) is 4.99 Å². The number of aliphatic hydroxyl groups excluding tert-OH is 1. The Morgan fingerprint density at radius 2 is 2.08 bits per heavy atom. The lowest BCUT2D eigenvalue weighted by Gasteiger charge is -2.21. The van der Waals surface area contributed by atoms with Gasteiger partial charge in [0.25, 0.3) is 0 Å². The molecule has 1 aromatic heterocycles. The Morgan fingerprint density at radius 1 is 1.40 bits per heavy atom. The highest BCUT2D eigenvalue weighted by molar-refractivity contribution is 14.0. The molecule has 2 aromatic rings. The zero-order valence-electron chi connectivity index (χ0n) is 14.6. The van der Waals surface area contributed by atoms with Crippen molar-refractivity contribution in [3.05, 3.63) is 51.7 Å². The lowest BCUT2D eigenvalue weighted by Crippen LogP contribution is -2.38. The average Bonchev–Trinajstić information content (AvgIpc) is 2.96. The highest BCUT2D eigenvalue weighted by Gasteiger charge is 2.11. The van der Waals surface area contributed by atoms with Crippen LogP contribution >= 0.6 is 35.3 Å². The van der Waals surface area contributed by atoms with Crippen LogP contribution in [0.1, 0.15) is 29.3 Å². The molecule has 0 aliphatic rings. The number of nitrogens with zero attached hydrogens (tertiary/aromatic N) is 3. The molecule has 0 amide bonds. The van der Waals surface area contributed by atoms with Crippen molar-refractivity contribution >= 4 is 41.3 Å². The van der Waals surface area contributed by atoms with Gasteiger partial charge < -0.3 is 15.3 Å². The monoisotopic (exact) mass is 478 g/mol. The Balaban J connectivity index is 0.00000312. The molecular formula is C17H24FIN4OS. The highest BCUT2D eigenvalue weighted by atomic mass is 127. The van der Waals surface area contributed by atoms with E-state index in [9.17, 15) is 9.50 Å². The predicted molar refractivity (Wildman–Crippen MR) is 111 cm³/mol. The second kappa shape index (κ2) is 10.7. The Bertz CT molecular complexity index is 678. The number of nitrogens with one attached hydrogen (secondary N) is 1. The van der Waals surface area contributed by atoms with Crippen LogP contribution in [0.2, 0.25) is 0 Å². The summed E-state index contributed by atoms with van der Waals surface area (Å²) >= 11 is 1.62. The fraction of sp³-hybridized carbons (Fsp3) is 0.412. The van der Waals surface area contributed by atoms with E-state index in [4.69, 9.17) is 0 Å². The van der Waals surface area contributed by atoms with Gasteiger partial charge in [0.1, 0.15) is 5.82 Å². The van der Waals surface area contributed by atoms with Crippen LogP contribution in [-0.2, 0) is 6.54 Å². The molecule has 2 rings (SSSR count). The van der Waals surface area contributed by atoms with Crippen molar-refractivity contribution in [3.63, 3.8) is 0 Å². The predicted octanol–water partition coefficient (Wildman–Crippen LogP) is 3.34. The Hall–Kier alpha value is -1.26. The molecule has 0 fully saturated rings. The number of hydrogen-bond donors (Lipinski definition) is 2. The van der Waals surface area contributed by atoms with Crippen LogP contribution in [-0.4, -0.2) is 41.1 Å². The summed E-state index contributed by atoms with van der Waals surface area (Å²) in [4.78, 5) is 10.9. The first-order valence-corrected chi connectivity index (χ1v) is 8.71. The third-order valence-corrected chi connectivity index (χ3v) is 4.25. The van der Waals surface area contributed by atoms with E-state index < -0.39 is 6.10 Å². The summed E-state index contributed by atoms with van der Waals surface area (Å²) in [7, 11) is 1.93. The van der Waals surface area contributed by atoms with Crippen LogP contribution in [0.3, 0.4) is 0 Å². The molecule has 0 aliphatic carbocycles. The molecule has 8 heteroatoms. The Labute approximate surface area is 169 Å². The smallest absolute Gasteiger partial charge is 0.194 e. The first-order chi connectivity index (χ1) is 11.5. The number of aryl methyl sites for hydroxylation is 1. The minimum Gasteiger partial charge on any atom is -0.386 e. The van der Waals surface area contributed by atoms with E-state index in [1.54, 1.807) is 23.5 Å². The van der Waals surface area contributed by atoms with Crippen molar-refractivity contribution in [1.29, 1.82) is 0 Å². The van der Waals surface area contributed by atoms with Crippen molar-refractivity contribution in [3.8, 4) is 0 Å². The van der Waals surface area contributed by atoms with E-state index in [0.29, 0.717) is 18.1 Å². The van der Waals surface area contributed by atoms with Gasteiger partial charge in [-0.15, -0.1) is 35.3 Å². The SMILES string of the molecule is CCNC(=NCC(O)c1ccc(F)cc1)N(C)Cc1csc(C)n1.I. The van der Waals surface area contributed by atoms with Crippen molar-refractivity contribution in [2.45, 2.75) is 26.5 Å². The summed E-state index contributed by atoms with van der Waals surface area (Å²) in [5, 5.41) is 16.5. The number of thiazole rings is 1. The van der Waals surface area contributed by atoms with E-state index in [-0.39, 0.29) is 36.3 Å². The number of hydrogen-bond acceptors (Lipinski definition) is 4. The third kappa shape index (κ3) is 6.87. The molecule has 0 saturated carbocycles. The maximum atomic E-state index is 12.9. The van der Waals surface area contributed by atoms with Gasteiger partial charge in [0, 0.05) is 19.0 Å². The standard InChI is InChI=1S/C17H23FN4OS.HI/c1-4-19-17(22(3)10-15-11-24-12(2)21-15)20-9-16(23)13-5-7-14(18)8-6-13;/h5-8,11,16,23H,4,9-10H2,1-3H3,(H,19,20);1H. The molecule has 1 aromatic carbocycles. The summed E-state index contributed by atoms with van der Waals surface area (Å²) in [5.41, 5.74) is 1.64. The molecule has 25 heavy (non-hydrogen) atoms. The van der Waals surface area contributed by atoms with Gasteiger partial charge >= 0.3 is 0 Å². The lowest BCUT2D eigenvalue weighted by atomic mass is 10.1. The number of aromatic nitrogens is 1. The second-order valence-electron chi connectivity index (χ2n) is 5.48. The number of rotatable bonds is 6. The second-order valence-corrected chi connectivity index (χ2v) is 6.54. The van der Waals surface area contributed by atoms with Crippen LogP contribution in [0.25, 0.3) is 0 Å². The number of benzene rings is 1. The molecule has 1 heterocycles. The van der Waals surface area contributed by atoms with Gasteiger partial charge in [0.2, 0.25) is 0 Å². The highest BCUT2D eigenvalue weighted by Crippen LogP contribution is 2.14. The van der Waals surface area contributed by atoms with Gasteiger partial charge in [-0.05, 0) is 31.5 Å². The van der Waals surface area contributed by atoms with E-state index in [1.807, 2.05) is 31.2 Å². The van der Waals surface area contributed by atoms with E-state index >= 15 is 0 Å². The fourth-order valence-electron chi connectivity index (χ4n) is 2.23. The number of halogens is 2. The molecule has 2 N–H and O–H groups in total. The summed E-state index contributed by atoms with van der Waals surface area (Å²) < 4.78 is 12.9. The van der Waals surface area contributed by atoms with E-state index in [2.05, 4.69) is 15.3 Å². The summed E-state index contributed by atoms with van der Waals surface area (Å²) in [5.74, 6) is 0.380. The Morgan fingerprint density at radius 3 is 2.64 bits per heavy atom. The van der Waals surface area contributed by atoms with Gasteiger partial charge in [0.05, 0.1) is 29.9 Å². The topological polar surface area (TPSA) is 60.8 Å². The molecule has 0 spiro atoms. The lowest BCUT2D eigenvalue weighted by molar-refractivity contribution is 0.186. The molecule has 0 aliphatic heterocycles. The summed E-state index contributed by atoms with van der Waals surface area (Å²) in [6.45, 7) is 5.54. The fourth-order valence-corrected chi connectivity index (χ4v) is 2.84. The number of aliphatic hydroxyl groups is 1. The van der Waals surface area contributed by atoms with Gasteiger partial charge in [-0.2, -0.15) is 0 Å². The largest absolute Gasteiger partial charge is 0.386 e. The van der Waals surface area contributed by atoms with Crippen LogP contribution in [0.15, 0.2) is 34.6 Å². The maximum Gasteiger partial charge on any atom is 0.194 e. The number of aliphatic imine (C=N–C) groups is 1. The third-order valence-electron chi connectivity index (χ3n) is 3.43. The minimum atomic E-state index is -0.769. The molecule has 1 unspecified atom stereocenters. The van der Waals surface area contributed by atoms with Crippen LogP contribution in [0.5, 0.6) is 0 Å². The normalized spacial score (nSPS) is 12.4. The zero-order chi connectivity index (χ0) is 17.5. The Kier molecular flexibility index (Phi) is 9.30. The summed E-state index contributed by atoms with van der Waals surface area (Å²) in [6.07, 6.45) is -0.769. The van der Waals surface area contributed by atoms with Gasteiger partial charge in [-0.25, -0.2) is 9.37 Å².